The lowest BCUT2D eigenvalue weighted by molar-refractivity contribution is -0.138. The minimum absolute atomic E-state index is 0. The lowest BCUT2D eigenvalue weighted by atomic mass is 9.84. The maximum absolute atomic E-state index is 13.3. The van der Waals surface area contributed by atoms with Gasteiger partial charge >= 0.3 is 0 Å². The van der Waals surface area contributed by atoms with Gasteiger partial charge in [-0.15, -0.1) is 24.0 Å². The maximum atomic E-state index is 13.3. The second kappa shape index (κ2) is 10.1. The van der Waals surface area contributed by atoms with Crippen LogP contribution in [-0.4, -0.2) is 44.5 Å². The molecule has 0 aromatic heterocycles. The zero-order valence-electron chi connectivity index (χ0n) is 16.1. The number of carbonyl (C=O) groups excluding carboxylic acids is 1. The molecule has 0 spiro atoms. The van der Waals surface area contributed by atoms with E-state index in [1.165, 1.54) is 6.07 Å². The third-order valence-electron chi connectivity index (χ3n) is 4.92. The second-order valence-electron chi connectivity index (χ2n) is 7.05. The van der Waals surface area contributed by atoms with Crippen molar-refractivity contribution >= 4 is 35.8 Å². The van der Waals surface area contributed by atoms with E-state index in [1.54, 1.807) is 24.9 Å². The fourth-order valence-electron chi connectivity index (χ4n) is 3.47. The van der Waals surface area contributed by atoms with Crippen LogP contribution in [0, 0.1) is 18.2 Å². The largest absolute Gasteiger partial charge is 0.355 e. The van der Waals surface area contributed by atoms with Gasteiger partial charge < -0.3 is 15.5 Å². The van der Waals surface area contributed by atoms with Gasteiger partial charge in [0.25, 0.3) is 0 Å². The number of aliphatic imine (C=N–C) groups is 1. The number of hydrogen-bond donors (Lipinski definition) is 2. The first kappa shape index (κ1) is 22.7. The maximum Gasteiger partial charge on any atom is 0.230 e. The predicted octanol–water partition coefficient (Wildman–Crippen LogP) is 3.07. The molecule has 5 nitrogen and oxygen atoms in total. The van der Waals surface area contributed by atoms with Gasteiger partial charge in [0.1, 0.15) is 5.82 Å². The first-order chi connectivity index (χ1) is 11.9. The van der Waals surface area contributed by atoms with E-state index < -0.39 is 0 Å². The minimum Gasteiger partial charge on any atom is -0.355 e. The van der Waals surface area contributed by atoms with E-state index in [4.69, 9.17) is 0 Å². The Kier molecular flexibility index (Phi) is 8.79. The lowest BCUT2D eigenvalue weighted by Crippen LogP contribution is -2.49. The predicted molar refractivity (Wildman–Crippen MR) is 114 cm³/mol. The van der Waals surface area contributed by atoms with E-state index in [-0.39, 0.29) is 41.1 Å². The molecule has 1 aliphatic rings. The molecule has 1 saturated carbocycles. The van der Waals surface area contributed by atoms with Gasteiger partial charge in [-0.05, 0) is 37.0 Å². The van der Waals surface area contributed by atoms with Crippen LogP contribution in [0.25, 0.3) is 0 Å². The van der Waals surface area contributed by atoms with Gasteiger partial charge in [0, 0.05) is 34.2 Å². The first-order valence-corrected chi connectivity index (χ1v) is 8.79. The second-order valence-corrected chi connectivity index (χ2v) is 7.05. The Morgan fingerprint density at radius 1 is 1.27 bits per heavy atom. The topological polar surface area (TPSA) is 56.7 Å². The van der Waals surface area contributed by atoms with Crippen molar-refractivity contribution < 1.29 is 9.18 Å². The van der Waals surface area contributed by atoms with Crippen LogP contribution in [0.1, 0.15) is 36.8 Å². The Bertz CT molecular complexity index is 642. The van der Waals surface area contributed by atoms with Crippen LogP contribution >= 0.6 is 24.0 Å². The number of nitrogens with one attached hydrogen (secondary N) is 2. The highest BCUT2D eigenvalue weighted by Crippen LogP contribution is 2.38. The van der Waals surface area contributed by atoms with Gasteiger partial charge in [0.2, 0.25) is 5.91 Å². The summed E-state index contributed by atoms with van der Waals surface area (Å²) in [7, 11) is 5.33. The molecule has 146 valence electrons. The molecule has 1 aromatic rings. The molecule has 0 saturated heterocycles. The van der Waals surface area contributed by atoms with Crippen LogP contribution in [0.3, 0.4) is 0 Å². The average Bonchev–Trinajstić information content (AvgIpc) is 3.07. The summed E-state index contributed by atoms with van der Waals surface area (Å²) >= 11 is 0. The van der Waals surface area contributed by atoms with Crippen LogP contribution in [0.2, 0.25) is 0 Å². The Morgan fingerprint density at radius 3 is 2.46 bits per heavy atom. The smallest absolute Gasteiger partial charge is 0.230 e. The molecule has 1 fully saturated rings. The fraction of sp³-hybridized carbons (Fsp3) is 0.579. The van der Waals surface area contributed by atoms with E-state index in [2.05, 4.69) is 15.6 Å². The fourth-order valence-corrected chi connectivity index (χ4v) is 3.47. The van der Waals surface area contributed by atoms with E-state index >= 15 is 0 Å². The number of carbonyl (C=O) groups is 1. The van der Waals surface area contributed by atoms with Crippen molar-refractivity contribution in [2.75, 3.05) is 27.7 Å². The molecule has 7 heteroatoms. The van der Waals surface area contributed by atoms with Crippen molar-refractivity contribution in [1.29, 1.82) is 0 Å². The van der Waals surface area contributed by atoms with Crippen molar-refractivity contribution in [3.63, 3.8) is 0 Å². The summed E-state index contributed by atoms with van der Waals surface area (Å²) in [4.78, 5) is 18.5. The number of halogens is 2. The molecule has 0 radical (unpaired) electrons. The third-order valence-corrected chi connectivity index (χ3v) is 4.92. The molecule has 0 atom stereocenters. The van der Waals surface area contributed by atoms with Crippen LogP contribution in [-0.2, 0) is 11.3 Å². The lowest BCUT2D eigenvalue weighted by Gasteiger charge is -2.31. The molecule has 2 N–H and O–H groups in total. The number of benzene rings is 1. The molecule has 1 aromatic carbocycles. The Balaban J connectivity index is 0.00000338. The quantitative estimate of drug-likeness (QED) is 0.390. The highest BCUT2D eigenvalue weighted by molar-refractivity contribution is 14.0. The van der Waals surface area contributed by atoms with Gasteiger partial charge in [0.15, 0.2) is 5.96 Å². The number of amides is 1. The Labute approximate surface area is 172 Å². The Hall–Kier alpha value is -1.38. The molecule has 1 aliphatic carbocycles. The summed E-state index contributed by atoms with van der Waals surface area (Å²) in [5.41, 5.74) is 1.28. The van der Waals surface area contributed by atoms with Crippen molar-refractivity contribution in [3.8, 4) is 0 Å². The SMILES string of the molecule is CN=C(NCc1ccc(F)c(C)c1)NCC1(C(=O)N(C)C)CCCC1.I. The summed E-state index contributed by atoms with van der Waals surface area (Å²) in [6.45, 7) is 2.88. The average molecular weight is 476 g/mol. The molecule has 1 amide bonds. The summed E-state index contributed by atoms with van der Waals surface area (Å²) in [6, 6.07) is 5.06. The molecule has 0 unspecified atom stereocenters. The third kappa shape index (κ3) is 5.56. The monoisotopic (exact) mass is 476 g/mol. The molecule has 2 rings (SSSR count). The number of rotatable bonds is 5. The summed E-state index contributed by atoms with van der Waals surface area (Å²) < 4.78 is 13.3. The zero-order chi connectivity index (χ0) is 18.4. The molecule has 0 aliphatic heterocycles. The van der Waals surface area contributed by atoms with E-state index in [0.29, 0.717) is 24.6 Å². The zero-order valence-corrected chi connectivity index (χ0v) is 18.4. The highest BCUT2D eigenvalue weighted by atomic mass is 127. The number of hydrogen-bond acceptors (Lipinski definition) is 2. The molecular weight excluding hydrogens is 446 g/mol. The van der Waals surface area contributed by atoms with Crippen molar-refractivity contribution in [3.05, 3.63) is 35.1 Å². The van der Waals surface area contributed by atoms with Crippen molar-refractivity contribution in [2.24, 2.45) is 10.4 Å². The standard InChI is InChI=1S/C19H29FN4O.HI/c1-14-11-15(7-8-16(14)20)12-22-18(21-2)23-13-19(9-5-6-10-19)17(25)24(3)4;/h7-8,11H,5-6,9-10,12-13H2,1-4H3,(H2,21,22,23);1H. The van der Waals surface area contributed by atoms with Crippen molar-refractivity contribution in [2.45, 2.75) is 39.2 Å². The number of aryl methyl sites for hydroxylation is 1. The van der Waals surface area contributed by atoms with E-state index in [9.17, 15) is 9.18 Å². The van der Waals surface area contributed by atoms with Gasteiger partial charge in [0.05, 0.1) is 5.41 Å². The molecule has 26 heavy (non-hydrogen) atoms. The van der Waals surface area contributed by atoms with Crippen LogP contribution < -0.4 is 10.6 Å². The van der Waals surface area contributed by atoms with E-state index in [1.807, 2.05) is 20.2 Å². The highest BCUT2D eigenvalue weighted by Gasteiger charge is 2.42. The van der Waals surface area contributed by atoms with Gasteiger partial charge in [-0.3, -0.25) is 9.79 Å². The van der Waals surface area contributed by atoms with Gasteiger partial charge in [-0.25, -0.2) is 4.39 Å². The normalized spacial score (nSPS) is 16.0. The minimum atomic E-state index is -0.340. The van der Waals surface area contributed by atoms with Crippen LogP contribution in [0.5, 0.6) is 0 Å². The molecule has 0 heterocycles. The summed E-state index contributed by atoms with van der Waals surface area (Å²) in [5, 5.41) is 6.53. The molecule has 0 bridgehead atoms. The van der Waals surface area contributed by atoms with Crippen LogP contribution in [0.4, 0.5) is 4.39 Å². The van der Waals surface area contributed by atoms with E-state index in [0.717, 1.165) is 31.2 Å². The number of nitrogens with zero attached hydrogens (tertiary/aromatic N) is 2. The van der Waals surface area contributed by atoms with Gasteiger partial charge in [-0.1, -0.05) is 25.0 Å². The van der Waals surface area contributed by atoms with Crippen molar-refractivity contribution in [1.82, 2.24) is 15.5 Å². The number of guanidine groups is 1. The summed E-state index contributed by atoms with van der Waals surface area (Å²) in [5.74, 6) is 0.638. The summed E-state index contributed by atoms with van der Waals surface area (Å²) in [6.07, 6.45) is 3.99. The van der Waals surface area contributed by atoms with Gasteiger partial charge in [-0.2, -0.15) is 0 Å². The molecular formula is C19H30FIN4O. The van der Waals surface area contributed by atoms with Crippen LogP contribution in [0.15, 0.2) is 23.2 Å². The Morgan fingerprint density at radius 2 is 1.92 bits per heavy atom. The first-order valence-electron chi connectivity index (χ1n) is 8.79.